The first-order valence-corrected chi connectivity index (χ1v) is 6.19. The number of anilines is 1. The fourth-order valence-electron chi connectivity index (χ4n) is 1.71. The lowest BCUT2D eigenvalue weighted by atomic mass is 10.0. The highest BCUT2D eigenvalue weighted by Gasteiger charge is 2.13. The lowest BCUT2D eigenvalue weighted by molar-refractivity contribution is 0.0993. The minimum absolute atomic E-state index is 0.0857. The largest absolute Gasteiger partial charge is 0.396 e. The van der Waals surface area contributed by atoms with Crippen LogP contribution in [0.15, 0.2) is 46.9 Å². The van der Waals surface area contributed by atoms with Gasteiger partial charge in [0.05, 0.1) is 5.69 Å². The molecule has 0 fully saturated rings. The van der Waals surface area contributed by atoms with Crippen molar-refractivity contribution in [1.82, 2.24) is 0 Å². The molecular weight excluding hydrogens is 297 g/mol. The average molecular weight is 308 g/mol. The van der Waals surface area contributed by atoms with Crippen LogP contribution in [0.2, 0.25) is 0 Å². The second-order valence-electron chi connectivity index (χ2n) is 3.93. The molecule has 0 radical (unpaired) electrons. The molecule has 0 saturated carbocycles. The molecule has 2 aromatic rings. The molecule has 2 nitrogen and oxygen atoms in total. The van der Waals surface area contributed by atoms with E-state index < -0.39 is 5.82 Å². The highest BCUT2D eigenvalue weighted by molar-refractivity contribution is 9.10. The molecule has 2 N–H and O–H groups in total. The molecule has 0 aromatic heterocycles. The van der Waals surface area contributed by atoms with Gasteiger partial charge in [0.2, 0.25) is 0 Å². The minimum atomic E-state index is -0.560. The normalized spacial score (nSPS) is 10.3. The standard InChI is InChI=1S/C14H11BrFNO/c15-10-4-1-3-9(7-10)8-13(18)11-5-2-6-12(16)14(11)17/h1-7H,8,17H2. The molecule has 18 heavy (non-hydrogen) atoms. The van der Waals surface area contributed by atoms with E-state index in [4.69, 9.17) is 5.73 Å². The number of hydrogen-bond donors (Lipinski definition) is 1. The smallest absolute Gasteiger partial charge is 0.169 e. The van der Waals surface area contributed by atoms with Crippen molar-refractivity contribution in [3.63, 3.8) is 0 Å². The molecule has 0 saturated heterocycles. The number of hydrogen-bond acceptors (Lipinski definition) is 2. The molecule has 0 atom stereocenters. The summed E-state index contributed by atoms with van der Waals surface area (Å²) < 4.78 is 14.2. The van der Waals surface area contributed by atoms with Crippen molar-refractivity contribution in [3.05, 3.63) is 63.9 Å². The lowest BCUT2D eigenvalue weighted by Crippen LogP contribution is -2.08. The number of ketones is 1. The number of Topliss-reactive ketones (excluding diaryl/α,β-unsaturated/α-hetero) is 1. The number of rotatable bonds is 3. The predicted octanol–water partition coefficient (Wildman–Crippen LogP) is 3.60. The fourth-order valence-corrected chi connectivity index (χ4v) is 2.15. The van der Waals surface area contributed by atoms with Crippen LogP contribution in [0.3, 0.4) is 0 Å². The van der Waals surface area contributed by atoms with Gasteiger partial charge in [0.25, 0.3) is 0 Å². The van der Waals surface area contributed by atoms with Crippen LogP contribution in [0, 0.1) is 5.82 Å². The summed E-state index contributed by atoms with van der Waals surface area (Å²) in [4.78, 5) is 12.0. The average Bonchev–Trinajstić information content (AvgIpc) is 2.32. The summed E-state index contributed by atoms with van der Waals surface area (Å²) in [6, 6.07) is 11.7. The van der Waals surface area contributed by atoms with Gasteiger partial charge in [0, 0.05) is 16.5 Å². The molecule has 92 valence electrons. The predicted molar refractivity (Wildman–Crippen MR) is 73.0 cm³/mol. The number of nitrogens with two attached hydrogens (primary N) is 1. The Morgan fingerprint density at radius 2 is 1.94 bits per heavy atom. The van der Waals surface area contributed by atoms with Crippen molar-refractivity contribution >= 4 is 27.4 Å². The number of benzene rings is 2. The van der Waals surface area contributed by atoms with Crippen LogP contribution in [0.1, 0.15) is 15.9 Å². The molecule has 2 rings (SSSR count). The first-order valence-electron chi connectivity index (χ1n) is 5.39. The van der Waals surface area contributed by atoms with Gasteiger partial charge in [-0.25, -0.2) is 4.39 Å². The molecular formula is C14H11BrFNO. The molecule has 2 aromatic carbocycles. The second-order valence-corrected chi connectivity index (χ2v) is 4.85. The van der Waals surface area contributed by atoms with Gasteiger partial charge < -0.3 is 5.73 Å². The Morgan fingerprint density at radius 1 is 1.22 bits per heavy atom. The van der Waals surface area contributed by atoms with E-state index in [1.165, 1.54) is 12.1 Å². The third kappa shape index (κ3) is 2.76. The van der Waals surface area contributed by atoms with E-state index in [1.807, 2.05) is 24.3 Å². The number of halogens is 2. The number of para-hydroxylation sites is 1. The molecule has 0 aliphatic rings. The summed E-state index contributed by atoms with van der Waals surface area (Å²) in [5, 5.41) is 0. The molecule has 0 aliphatic heterocycles. The zero-order chi connectivity index (χ0) is 13.1. The first kappa shape index (κ1) is 12.8. The van der Waals surface area contributed by atoms with Crippen molar-refractivity contribution in [3.8, 4) is 0 Å². The van der Waals surface area contributed by atoms with E-state index in [-0.39, 0.29) is 23.5 Å². The van der Waals surface area contributed by atoms with Crippen molar-refractivity contribution in [2.45, 2.75) is 6.42 Å². The van der Waals surface area contributed by atoms with Gasteiger partial charge in [-0.2, -0.15) is 0 Å². The zero-order valence-corrected chi connectivity index (χ0v) is 11.1. The Kier molecular flexibility index (Phi) is 3.77. The van der Waals surface area contributed by atoms with E-state index >= 15 is 0 Å². The van der Waals surface area contributed by atoms with Crippen LogP contribution in [-0.4, -0.2) is 5.78 Å². The summed E-state index contributed by atoms with van der Waals surface area (Å²) in [5.74, 6) is -0.750. The van der Waals surface area contributed by atoms with E-state index in [1.54, 1.807) is 6.07 Å². The maximum absolute atomic E-state index is 13.3. The maximum Gasteiger partial charge on any atom is 0.169 e. The third-order valence-electron chi connectivity index (χ3n) is 2.61. The topological polar surface area (TPSA) is 43.1 Å². The zero-order valence-electron chi connectivity index (χ0n) is 9.49. The van der Waals surface area contributed by atoms with E-state index in [9.17, 15) is 9.18 Å². The lowest BCUT2D eigenvalue weighted by Gasteiger charge is -2.06. The monoisotopic (exact) mass is 307 g/mol. The van der Waals surface area contributed by atoms with Crippen molar-refractivity contribution < 1.29 is 9.18 Å². The van der Waals surface area contributed by atoms with Crippen molar-refractivity contribution in [2.75, 3.05) is 5.73 Å². The van der Waals surface area contributed by atoms with Gasteiger partial charge in [-0.3, -0.25) is 4.79 Å². The van der Waals surface area contributed by atoms with Gasteiger partial charge in [0.1, 0.15) is 5.82 Å². The number of carbonyl (C=O) groups excluding carboxylic acids is 1. The maximum atomic E-state index is 13.3. The number of carbonyl (C=O) groups is 1. The minimum Gasteiger partial charge on any atom is -0.396 e. The first-order chi connectivity index (χ1) is 8.58. The van der Waals surface area contributed by atoms with E-state index in [0.29, 0.717) is 0 Å². The Morgan fingerprint density at radius 3 is 2.67 bits per heavy atom. The molecule has 0 spiro atoms. The molecule has 0 unspecified atom stereocenters. The van der Waals surface area contributed by atoms with E-state index in [0.717, 1.165) is 10.0 Å². The Hall–Kier alpha value is -1.68. The van der Waals surface area contributed by atoms with Gasteiger partial charge in [-0.05, 0) is 29.8 Å². The molecule has 0 bridgehead atoms. The van der Waals surface area contributed by atoms with Crippen molar-refractivity contribution in [1.29, 1.82) is 0 Å². The van der Waals surface area contributed by atoms with E-state index in [2.05, 4.69) is 15.9 Å². The summed E-state index contributed by atoms with van der Waals surface area (Å²) in [6.07, 6.45) is 0.201. The van der Waals surface area contributed by atoms with Crippen LogP contribution >= 0.6 is 15.9 Å². The Labute approximate surface area is 113 Å². The van der Waals surface area contributed by atoms with Crippen LogP contribution in [0.4, 0.5) is 10.1 Å². The molecule has 0 heterocycles. The van der Waals surface area contributed by atoms with Crippen LogP contribution in [0.5, 0.6) is 0 Å². The summed E-state index contributed by atoms with van der Waals surface area (Å²) in [7, 11) is 0. The van der Waals surface area contributed by atoms with Gasteiger partial charge in [-0.1, -0.05) is 34.1 Å². The number of nitrogen functional groups attached to an aromatic ring is 1. The molecule has 4 heteroatoms. The SMILES string of the molecule is Nc1c(F)cccc1C(=O)Cc1cccc(Br)c1. The second kappa shape index (κ2) is 5.31. The van der Waals surface area contributed by atoms with Crippen molar-refractivity contribution in [2.24, 2.45) is 0 Å². The van der Waals surface area contributed by atoms with Crippen LogP contribution < -0.4 is 5.73 Å². The van der Waals surface area contributed by atoms with Crippen LogP contribution in [0.25, 0.3) is 0 Å². The summed E-state index contributed by atoms with van der Waals surface area (Å²) >= 11 is 3.34. The van der Waals surface area contributed by atoms with Gasteiger partial charge in [0.15, 0.2) is 5.78 Å². The quantitative estimate of drug-likeness (QED) is 0.695. The summed E-state index contributed by atoms with van der Waals surface area (Å²) in [5.41, 5.74) is 6.57. The fraction of sp³-hybridized carbons (Fsp3) is 0.0714. The van der Waals surface area contributed by atoms with Gasteiger partial charge in [-0.15, -0.1) is 0 Å². The Balaban J connectivity index is 2.25. The Bertz CT molecular complexity index is 598. The third-order valence-corrected chi connectivity index (χ3v) is 3.10. The molecule has 0 aliphatic carbocycles. The van der Waals surface area contributed by atoms with Crippen LogP contribution in [-0.2, 0) is 6.42 Å². The highest BCUT2D eigenvalue weighted by Crippen LogP contribution is 2.19. The highest BCUT2D eigenvalue weighted by atomic mass is 79.9. The van der Waals surface area contributed by atoms with Gasteiger partial charge >= 0.3 is 0 Å². The molecule has 0 amide bonds. The summed E-state index contributed by atoms with van der Waals surface area (Å²) in [6.45, 7) is 0.